The number of ether oxygens (including phenoxy) is 2. The molecular formula is C14H16FNO5. The Balaban J connectivity index is 2.37. The molecule has 114 valence electrons. The van der Waals surface area contributed by atoms with E-state index < -0.39 is 23.7 Å². The van der Waals surface area contributed by atoms with Gasteiger partial charge in [0.15, 0.2) is 0 Å². The van der Waals surface area contributed by atoms with Gasteiger partial charge in [0.25, 0.3) is 5.91 Å². The van der Waals surface area contributed by atoms with Crippen molar-refractivity contribution >= 4 is 11.9 Å². The number of amides is 1. The number of hydrogen-bond donors (Lipinski definition) is 1. The maximum atomic E-state index is 13.9. The zero-order valence-electron chi connectivity index (χ0n) is 11.7. The van der Waals surface area contributed by atoms with E-state index in [9.17, 15) is 19.1 Å². The van der Waals surface area contributed by atoms with E-state index in [1.165, 1.54) is 26.4 Å². The Labute approximate surface area is 121 Å². The monoisotopic (exact) mass is 297 g/mol. The van der Waals surface area contributed by atoms with Crippen LogP contribution in [-0.2, 0) is 9.53 Å². The number of benzene rings is 1. The van der Waals surface area contributed by atoms with Gasteiger partial charge in [0.1, 0.15) is 23.2 Å². The fourth-order valence-electron chi connectivity index (χ4n) is 2.45. The lowest BCUT2D eigenvalue weighted by Gasteiger charge is -2.22. The number of methoxy groups -OCH3 is 2. The van der Waals surface area contributed by atoms with Crippen LogP contribution in [0.15, 0.2) is 18.2 Å². The van der Waals surface area contributed by atoms with Crippen LogP contribution in [0.3, 0.4) is 0 Å². The minimum atomic E-state index is -1.14. The molecule has 2 unspecified atom stereocenters. The summed E-state index contributed by atoms with van der Waals surface area (Å²) in [6, 6.07) is 2.97. The van der Waals surface area contributed by atoms with Crippen LogP contribution in [0.25, 0.3) is 0 Å². The molecule has 1 amide bonds. The van der Waals surface area contributed by atoms with Crippen molar-refractivity contribution < 1.29 is 28.6 Å². The van der Waals surface area contributed by atoms with E-state index in [1.54, 1.807) is 0 Å². The summed E-state index contributed by atoms with van der Waals surface area (Å²) in [7, 11) is 2.77. The van der Waals surface area contributed by atoms with Gasteiger partial charge in [-0.25, -0.2) is 9.18 Å². The van der Waals surface area contributed by atoms with Gasteiger partial charge in [0, 0.05) is 20.1 Å². The second-order valence-corrected chi connectivity index (χ2v) is 4.72. The molecule has 0 radical (unpaired) electrons. The molecule has 1 N–H and O–H groups in total. The first-order chi connectivity index (χ1) is 9.99. The first-order valence-corrected chi connectivity index (χ1v) is 6.38. The van der Waals surface area contributed by atoms with E-state index in [-0.39, 0.29) is 30.4 Å². The summed E-state index contributed by atoms with van der Waals surface area (Å²) in [6.45, 7) is 0.101. The van der Waals surface area contributed by atoms with Crippen LogP contribution in [-0.4, -0.2) is 54.8 Å². The number of likely N-dealkylation sites (tertiary alicyclic amines) is 1. The summed E-state index contributed by atoms with van der Waals surface area (Å²) in [6.07, 6.45) is -0.207. The van der Waals surface area contributed by atoms with Crippen molar-refractivity contribution in [3.05, 3.63) is 29.6 Å². The van der Waals surface area contributed by atoms with Gasteiger partial charge >= 0.3 is 5.97 Å². The van der Waals surface area contributed by atoms with Gasteiger partial charge in [-0.2, -0.15) is 0 Å². The zero-order chi connectivity index (χ0) is 15.6. The summed E-state index contributed by atoms with van der Waals surface area (Å²) >= 11 is 0. The van der Waals surface area contributed by atoms with Gasteiger partial charge in [-0.15, -0.1) is 0 Å². The number of carbonyl (C=O) groups excluding carboxylic acids is 1. The number of hydrogen-bond acceptors (Lipinski definition) is 4. The number of halogens is 1. The Morgan fingerprint density at radius 2 is 2.10 bits per heavy atom. The third-order valence-electron chi connectivity index (χ3n) is 3.55. The molecule has 7 heteroatoms. The molecule has 2 atom stereocenters. The third kappa shape index (κ3) is 2.82. The van der Waals surface area contributed by atoms with E-state index in [2.05, 4.69) is 0 Å². The van der Waals surface area contributed by atoms with E-state index >= 15 is 0 Å². The van der Waals surface area contributed by atoms with Crippen molar-refractivity contribution in [2.24, 2.45) is 0 Å². The SMILES string of the molecule is COc1cccc(F)c1C(=O)N1CC(OC)CC1C(=O)O. The highest BCUT2D eigenvalue weighted by molar-refractivity contribution is 5.99. The molecule has 0 aliphatic carbocycles. The van der Waals surface area contributed by atoms with Crippen LogP contribution in [0.4, 0.5) is 4.39 Å². The summed E-state index contributed by atoms with van der Waals surface area (Å²) in [4.78, 5) is 24.9. The number of rotatable bonds is 4. The Bertz CT molecular complexity index is 562. The Hall–Kier alpha value is -2.15. The number of carbonyl (C=O) groups is 2. The lowest BCUT2D eigenvalue weighted by Crippen LogP contribution is -2.41. The molecule has 1 fully saturated rings. The molecule has 0 spiro atoms. The van der Waals surface area contributed by atoms with E-state index in [4.69, 9.17) is 9.47 Å². The summed E-state index contributed by atoms with van der Waals surface area (Å²) in [5.41, 5.74) is -0.261. The summed E-state index contributed by atoms with van der Waals surface area (Å²) in [5, 5.41) is 9.21. The van der Waals surface area contributed by atoms with Gasteiger partial charge in [0.2, 0.25) is 0 Å². The Morgan fingerprint density at radius 1 is 1.38 bits per heavy atom. The lowest BCUT2D eigenvalue weighted by atomic mass is 10.1. The quantitative estimate of drug-likeness (QED) is 0.902. The van der Waals surface area contributed by atoms with Gasteiger partial charge in [-0.1, -0.05) is 6.07 Å². The predicted octanol–water partition coefficient (Wildman–Crippen LogP) is 1.15. The lowest BCUT2D eigenvalue weighted by molar-refractivity contribution is -0.141. The van der Waals surface area contributed by atoms with Crippen LogP contribution in [0.5, 0.6) is 5.75 Å². The van der Waals surface area contributed by atoms with Crippen molar-refractivity contribution in [2.45, 2.75) is 18.6 Å². The third-order valence-corrected chi connectivity index (χ3v) is 3.55. The maximum absolute atomic E-state index is 13.9. The van der Waals surface area contributed by atoms with Crippen LogP contribution in [0, 0.1) is 5.82 Å². The van der Waals surface area contributed by atoms with E-state index in [0.717, 1.165) is 11.0 Å². The fourth-order valence-corrected chi connectivity index (χ4v) is 2.45. The second kappa shape index (κ2) is 6.09. The topological polar surface area (TPSA) is 76.1 Å². The molecular weight excluding hydrogens is 281 g/mol. The van der Waals surface area contributed by atoms with Crippen LogP contribution >= 0.6 is 0 Å². The van der Waals surface area contributed by atoms with Gasteiger partial charge in [-0.05, 0) is 12.1 Å². The smallest absolute Gasteiger partial charge is 0.326 e. The first-order valence-electron chi connectivity index (χ1n) is 6.38. The molecule has 1 aromatic carbocycles. The van der Waals surface area contributed by atoms with Crippen molar-refractivity contribution in [1.29, 1.82) is 0 Å². The molecule has 0 bridgehead atoms. The minimum absolute atomic E-state index is 0.0741. The average Bonchev–Trinajstić information content (AvgIpc) is 2.90. The highest BCUT2D eigenvalue weighted by Crippen LogP contribution is 2.28. The molecule has 1 aromatic rings. The normalized spacial score (nSPS) is 21.4. The molecule has 21 heavy (non-hydrogen) atoms. The maximum Gasteiger partial charge on any atom is 0.326 e. The van der Waals surface area contributed by atoms with E-state index in [0.29, 0.717) is 0 Å². The molecule has 6 nitrogen and oxygen atoms in total. The molecule has 1 aliphatic rings. The van der Waals surface area contributed by atoms with Crippen LogP contribution < -0.4 is 4.74 Å². The predicted molar refractivity (Wildman–Crippen MR) is 70.8 cm³/mol. The highest BCUT2D eigenvalue weighted by Gasteiger charge is 2.41. The average molecular weight is 297 g/mol. The molecule has 0 aromatic heterocycles. The van der Waals surface area contributed by atoms with Crippen molar-refractivity contribution in [3.63, 3.8) is 0 Å². The summed E-state index contributed by atoms with van der Waals surface area (Å²) in [5.74, 6) is -2.52. The van der Waals surface area contributed by atoms with E-state index in [1.807, 2.05) is 0 Å². The molecule has 1 aliphatic heterocycles. The van der Waals surface area contributed by atoms with Crippen molar-refractivity contribution in [2.75, 3.05) is 20.8 Å². The summed E-state index contributed by atoms with van der Waals surface area (Å²) < 4.78 is 24.0. The van der Waals surface area contributed by atoms with Gasteiger partial charge in [0.05, 0.1) is 13.2 Å². The van der Waals surface area contributed by atoms with Gasteiger partial charge in [-0.3, -0.25) is 4.79 Å². The van der Waals surface area contributed by atoms with Crippen LogP contribution in [0.1, 0.15) is 16.8 Å². The second-order valence-electron chi connectivity index (χ2n) is 4.72. The van der Waals surface area contributed by atoms with Gasteiger partial charge < -0.3 is 19.5 Å². The highest BCUT2D eigenvalue weighted by atomic mass is 19.1. The fraction of sp³-hybridized carbons (Fsp3) is 0.429. The number of carboxylic acid groups (broad SMARTS) is 1. The Kier molecular flexibility index (Phi) is 4.42. The standard InChI is InChI=1S/C14H16FNO5/c1-20-8-6-10(14(18)19)16(7-8)13(17)12-9(15)4-3-5-11(12)21-2/h3-5,8,10H,6-7H2,1-2H3,(H,18,19). The zero-order valence-corrected chi connectivity index (χ0v) is 11.7. The van der Waals surface area contributed by atoms with Crippen LogP contribution in [0.2, 0.25) is 0 Å². The number of carboxylic acids is 1. The first kappa shape index (κ1) is 15.2. The largest absolute Gasteiger partial charge is 0.496 e. The molecule has 2 rings (SSSR count). The molecule has 1 heterocycles. The van der Waals surface area contributed by atoms with Crippen molar-refractivity contribution in [3.8, 4) is 5.75 Å². The molecule has 0 saturated carbocycles. The minimum Gasteiger partial charge on any atom is -0.496 e. The Morgan fingerprint density at radius 3 is 2.67 bits per heavy atom. The number of nitrogens with zero attached hydrogens (tertiary/aromatic N) is 1. The van der Waals surface area contributed by atoms with Crippen molar-refractivity contribution in [1.82, 2.24) is 4.90 Å². The molecule has 1 saturated heterocycles. The number of aliphatic carboxylic acids is 1.